The molecule has 0 bridgehead atoms. The number of hydrogen-bond donors (Lipinski definition) is 2. The highest BCUT2D eigenvalue weighted by Gasteiger charge is 2.48. The highest BCUT2D eigenvalue weighted by molar-refractivity contribution is 5.99. The van der Waals surface area contributed by atoms with Gasteiger partial charge in [0.05, 0.1) is 42.7 Å². The van der Waals surface area contributed by atoms with E-state index in [-0.39, 0.29) is 30.8 Å². The first-order valence-corrected chi connectivity index (χ1v) is 10.3. The average Bonchev–Trinajstić information content (AvgIpc) is 3.25. The molecule has 2 amide bonds. The maximum absolute atomic E-state index is 13.7. The first-order valence-electron chi connectivity index (χ1n) is 10.3. The quantitative estimate of drug-likeness (QED) is 0.669. The fourth-order valence-corrected chi connectivity index (χ4v) is 4.40. The van der Waals surface area contributed by atoms with E-state index in [0.29, 0.717) is 35.6 Å². The number of hydrogen-bond acceptors (Lipinski definition) is 4. The highest BCUT2D eigenvalue weighted by Crippen LogP contribution is 2.41. The van der Waals surface area contributed by atoms with E-state index in [4.69, 9.17) is 0 Å². The van der Waals surface area contributed by atoms with Crippen LogP contribution < -0.4 is 0 Å². The minimum Gasteiger partial charge on any atom is -0.394 e. The Morgan fingerprint density at radius 3 is 2.77 bits per heavy atom. The molecule has 31 heavy (non-hydrogen) atoms. The van der Waals surface area contributed by atoms with Gasteiger partial charge < -0.3 is 19.9 Å². The minimum absolute atomic E-state index is 0.0658. The number of H-pyrrole nitrogens is 1. The standard InChI is InChI=1S/C22H24FN5O3/c1-13-7-14(23)8-17-15(13)9-18(25-17)21(31)27-5-6-28-19(11-27)16(10-24-28)20(30)26(2)22(12-29)3-4-22/h7-10,25,29H,3-6,11-12H2,1-2H3. The second-order valence-corrected chi connectivity index (χ2v) is 8.57. The summed E-state index contributed by atoms with van der Waals surface area (Å²) in [4.78, 5) is 32.5. The normalized spacial score (nSPS) is 17.0. The molecule has 3 aromatic rings. The fourth-order valence-electron chi connectivity index (χ4n) is 4.40. The molecule has 2 aromatic heterocycles. The molecule has 0 spiro atoms. The lowest BCUT2D eigenvalue weighted by Gasteiger charge is -2.30. The first-order chi connectivity index (χ1) is 14.8. The van der Waals surface area contributed by atoms with Gasteiger partial charge in [0.15, 0.2) is 0 Å². The van der Waals surface area contributed by atoms with E-state index >= 15 is 0 Å². The van der Waals surface area contributed by atoms with E-state index in [2.05, 4.69) is 10.1 Å². The number of nitrogens with zero attached hydrogens (tertiary/aromatic N) is 4. The Balaban J connectivity index is 1.41. The lowest BCUT2D eigenvalue weighted by atomic mass is 10.1. The number of amides is 2. The summed E-state index contributed by atoms with van der Waals surface area (Å²) in [6, 6.07) is 4.57. The number of aromatic amines is 1. The molecule has 3 heterocycles. The largest absolute Gasteiger partial charge is 0.394 e. The van der Waals surface area contributed by atoms with Gasteiger partial charge >= 0.3 is 0 Å². The molecule has 0 atom stereocenters. The zero-order chi connectivity index (χ0) is 21.9. The van der Waals surface area contributed by atoms with Crippen LogP contribution in [0.5, 0.6) is 0 Å². The van der Waals surface area contributed by atoms with Crippen LogP contribution in [0.2, 0.25) is 0 Å². The summed E-state index contributed by atoms with van der Waals surface area (Å²) in [5.41, 5.74) is 2.39. The van der Waals surface area contributed by atoms with Crippen LogP contribution in [0.25, 0.3) is 10.9 Å². The summed E-state index contributed by atoms with van der Waals surface area (Å²) in [7, 11) is 1.70. The van der Waals surface area contributed by atoms with Crippen molar-refractivity contribution < 1.29 is 19.1 Å². The first kappa shape index (κ1) is 19.7. The number of benzene rings is 1. The van der Waals surface area contributed by atoms with Gasteiger partial charge in [-0.25, -0.2) is 4.39 Å². The van der Waals surface area contributed by atoms with Gasteiger partial charge in [0, 0.05) is 24.5 Å². The molecule has 8 nitrogen and oxygen atoms in total. The second-order valence-electron chi connectivity index (χ2n) is 8.57. The van der Waals surface area contributed by atoms with E-state index in [0.717, 1.165) is 23.8 Å². The van der Waals surface area contributed by atoms with Crippen LogP contribution in [-0.2, 0) is 13.1 Å². The molecule has 0 unspecified atom stereocenters. The van der Waals surface area contributed by atoms with E-state index < -0.39 is 5.54 Å². The SMILES string of the molecule is Cc1cc(F)cc2[nH]c(C(=O)N3CCn4ncc(C(=O)N(C)C5(CO)CC5)c4C3)cc12. The molecule has 9 heteroatoms. The minimum atomic E-state index is -0.479. The number of carbonyl (C=O) groups excluding carboxylic acids is 2. The van der Waals surface area contributed by atoms with Gasteiger partial charge in [-0.15, -0.1) is 0 Å². The van der Waals surface area contributed by atoms with Crippen molar-refractivity contribution in [1.82, 2.24) is 24.6 Å². The maximum Gasteiger partial charge on any atom is 0.270 e. The van der Waals surface area contributed by atoms with E-state index in [1.165, 1.54) is 12.1 Å². The van der Waals surface area contributed by atoms with Gasteiger partial charge in [0.2, 0.25) is 0 Å². The molecule has 1 aliphatic carbocycles. The zero-order valence-corrected chi connectivity index (χ0v) is 17.5. The van der Waals surface area contributed by atoms with E-state index in [1.807, 2.05) is 0 Å². The van der Waals surface area contributed by atoms with Crippen LogP contribution >= 0.6 is 0 Å². The number of carbonyl (C=O) groups is 2. The third kappa shape index (κ3) is 3.11. The van der Waals surface area contributed by atoms with Crippen molar-refractivity contribution in [3.8, 4) is 0 Å². The van der Waals surface area contributed by atoms with Crippen molar-refractivity contribution in [2.24, 2.45) is 0 Å². The Morgan fingerprint density at radius 2 is 2.06 bits per heavy atom. The number of aryl methyl sites for hydroxylation is 1. The van der Waals surface area contributed by atoms with Gasteiger partial charge in [-0.3, -0.25) is 14.3 Å². The fraction of sp³-hybridized carbons (Fsp3) is 0.409. The number of nitrogens with one attached hydrogen (secondary N) is 1. The van der Waals surface area contributed by atoms with Crippen LogP contribution in [0.3, 0.4) is 0 Å². The van der Waals surface area contributed by atoms with Gasteiger partial charge in [0.1, 0.15) is 11.5 Å². The number of aromatic nitrogens is 3. The Morgan fingerprint density at radius 1 is 1.29 bits per heavy atom. The molecule has 2 N–H and O–H groups in total. The van der Waals surface area contributed by atoms with Crippen molar-refractivity contribution in [1.29, 1.82) is 0 Å². The van der Waals surface area contributed by atoms with Crippen molar-refractivity contribution in [2.45, 2.75) is 38.4 Å². The van der Waals surface area contributed by atoms with Gasteiger partial charge in [0.25, 0.3) is 11.8 Å². The topological polar surface area (TPSA) is 94.5 Å². The van der Waals surface area contributed by atoms with Gasteiger partial charge in [-0.1, -0.05) is 0 Å². The zero-order valence-electron chi connectivity index (χ0n) is 17.5. The summed E-state index contributed by atoms with van der Waals surface area (Å²) in [6.45, 7) is 2.93. The smallest absolute Gasteiger partial charge is 0.270 e. The molecular formula is C22H24FN5O3. The van der Waals surface area contributed by atoms with E-state index in [9.17, 15) is 19.1 Å². The summed E-state index contributed by atoms with van der Waals surface area (Å²) >= 11 is 0. The van der Waals surface area contributed by atoms with Gasteiger partial charge in [-0.2, -0.15) is 5.10 Å². The van der Waals surface area contributed by atoms with Crippen LogP contribution in [0.15, 0.2) is 24.4 Å². The Hall–Kier alpha value is -3.20. The average molecular weight is 425 g/mol. The second kappa shape index (κ2) is 6.91. The third-order valence-electron chi connectivity index (χ3n) is 6.67. The number of aliphatic hydroxyl groups is 1. The number of fused-ring (bicyclic) bond motifs is 2. The molecule has 1 fully saturated rings. The van der Waals surface area contributed by atoms with E-state index in [1.54, 1.807) is 40.7 Å². The predicted molar refractivity (Wildman–Crippen MR) is 111 cm³/mol. The molecular weight excluding hydrogens is 401 g/mol. The van der Waals surface area contributed by atoms with Crippen molar-refractivity contribution in [3.05, 3.63) is 52.7 Å². The van der Waals surface area contributed by atoms with Crippen molar-refractivity contribution in [3.63, 3.8) is 0 Å². The monoisotopic (exact) mass is 425 g/mol. The molecule has 1 aromatic carbocycles. The van der Waals surface area contributed by atoms with Crippen LogP contribution in [0.4, 0.5) is 4.39 Å². The molecule has 162 valence electrons. The lowest BCUT2D eigenvalue weighted by Crippen LogP contribution is -2.43. The molecule has 1 saturated carbocycles. The number of aliphatic hydroxyl groups excluding tert-OH is 1. The van der Waals surface area contributed by atoms with Crippen LogP contribution in [-0.4, -0.2) is 67.2 Å². The Bertz CT molecular complexity index is 1210. The molecule has 5 rings (SSSR count). The summed E-state index contributed by atoms with van der Waals surface area (Å²) in [5, 5.41) is 14.8. The lowest BCUT2D eigenvalue weighted by molar-refractivity contribution is 0.0608. The number of likely N-dealkylation sites (N-methyl/N-ethyl adjacent to an activating group) is 1. The predicted octanol–water partition coefficient (Wildman–Crippen LogP) is 2.06. The Kier molecular flexibility index (Phi) is 4.40. The van der Waals surface area contributed by atoms with Crippen LogP contribution in [0.1, 0.15) is 44.9 Å². The molecule has 0 saturated heterocycles. The maximum atomic E-state index is 13.7. The summed E-state index contributed by atoms with van der Waals surface area (Å²) in [6.07, 6.45) is 3.10. The summed E-state index contributed by atoms with van der Waals surface area (Å²) in [5.74, 6) is -0.751. The van der Waals surface area contributed by atoms with Crippen molar-refractivity contribution in [2.75, 3.05) is 20.2 Å². The third-order valence-corrected chi connectivity index (χ3v) is 6.67. The molecule has 2 aliphatic rings. The van der Waals surface area contributed by atoms with Crippen molar-refractivity contribution >= 4 is 22.7 Å². The van der Waals surface area contributed by atoms with Crippen LogP contribution in [0, 0.1) is 12.7 Å². The number of rotatable bonds is 4. The highest BCUT2D eigenvalue weighted by atomic mass is 19.1. The summed E-state index contributed by atoms with van der Waals surface area (Å²) < 4.78 is 15.5. The Labute approximate surface area is 178 Å². The van der Waals surface area contributed by atoms with Gasteiger partial charge in [-0.05, 0) is 43.5 Å². The molecule has 1 aliphatic heterocycles. The number of halogens is 1. The molecule has 0 radical (unpaired) electrons.